The van der Waals surface area contributed by atoms with Crippen molar-refractivity contribution < 1.29 is 24.2 Å². The van der Waals surface area contributed by atoms with Crippen LogP contribution in [0.1, 0.15) is 30.9 Å². The smallest absolute Gasteiger partial charge is 0.311 e. The van der Waals surface area contributed by atoms with Crippen LogP contribution in [0.5, 0.6) is 0 Å². The molecule has 3 unspecified atom stereocenters. The van der Waals surface area contributed by atoms with Crippen LogP contribution < -0.4 is 4.90 Å². The average Bonchev–Trinajstić information content (AvgIpc) is 3.43. The molecule has 2 bridgehead atoms. The largest absolute Gasteiger partial charge is 0.461 e. The summed E-state index contributed by atoms with van der Waals surface area (Å²) in [4.78, 5) is 45.0. The number of benzene rings is 1. The van der Waals surface area contributed by atoms with Crippen LogP contribution in [0.15, 0.2) is 43.5 Å². The third-order valence-corrected chi connectivity index (χ3v) is 10.0. The van der Waals surface area contributed by atoms with Crippen LogP contribution in [0.25, 0.3) is 0 Å². The Morgan fingerprint density at radius 3 is 2.58 bits per heavy atom. The van der Waals surface area contributed by atoms with Crippen molar-refractivity contribution in [2.24, 2.45) is 17.8 Å². The van der Waals surface area contributed by atoms with Gasteiger partial charge < -0.3 is 19.6 Å². The van der Waals surface area contributed by atoms with Gasteiger partial charge in [0.15, 0.2) is 0 Å². The second-order valence-corrected chi connectivity index (χ2v) is 11.6. The summed E-state index contributed by atoms with van der Waals surface area (Å²) in [6.07, 6.45) is 4.32. The Balaban J connectivity index is 1.82. The predicted molar refractivity (Wildman–Crippen MR) is 142 cm³/mol. The molecule has 1 N–H and O–H groups in total. The van der Waals surface area contributed by atoms with E-state index in [4.69, 9.17) is 4.74 Å². The molecule has 194 valence electrons. The zero-order valence-electron chi connectivity index (χ0n) is 21.3. The summed E-state index contributed by atoms with van der Waals surface area (Å²) >= 11 is 1.62. The molecule has 1 aromatic rings. The molecule has 3 aliphatic heterocycles. The number of ether oxygens (including phenoxy) is 1. The number of para-hydroxylation sites is 1. The third-order valence-electron chi connectivity index (χ3n) is 7.94. The van der Waals surface area contributed by atoms with Crippen molar-refractivity contribution in [3.8, 4) is 0 Å². The number of thioether (sulfide) groups is 1. The van der Waals surface area contributed by atoms with Gasteiger partial charge in [0.05, 0.1) is 16.6 Å². The molecular weight excluding hydrogens is 476 g/mol. The molecule has 3 heterocycles. The van der Waals surface area contributed by atoms with E-state index < -0.39 is 28.6 Å². The molecule has 4 rings (SSSR count). The summed E-state index contributed by atoms with van der Waals surface area (Å²) in [5.41, 5.74) is 2.75. The van der Waals surface area contributed by atoms with E-state index in [1.54, 1.807) is 27.6 Å². The molecule has 8 heteroatoms. The van der Waals surface area contributed by atoms with Gasteiger partial charge in [0, 0.05) is 30.6 Å². The zero-order chi connectivity index (χ0) is 26.2. The summed E-state index contributed by atoms with van der Waals surface area (Å²) in [6.45, 7) is 14.1. The molecule has 36 heavy (non-hydrogen) atoms. The Bertz CT molecular complexity index is 1050. The highest BCUT2D eigenvalue weighted by Gasteiger charge is 2.76. The van der Waals surface area contributed by atoms with Crippen LogP contribution in [0.2, 0.25) is 0 Å². The summed E-state index contributed by atoms with van der Waals surface area (Å²) < 4.78 is 4.69. The molecule has 0 aliphatic carbocycles. The lowest BCUT2D eigenvalue weighted by molar-refractivity contribution is -0.153. The first kappa shape index (κ1) is 26.5. The van der Waals surface area contributed by atoms with Crippen LogP contribution in [0.3, 0.4) is 0 Å². The molecule has 0 radical (unpaired) electrons. The van der Waals surface area contributed by atoms with E-state index in [9.17, 15) is 19.5 Å². The molecule has 3 aliphatic rings. The maximum atomic E-state index is 14.6. The molecule has 7 nitrogen and oxygen atoms in total. The molecule has 3 saturated heterocycles. The fourth-order valence-corrected chi connectivity index (χ4v) is 8.99. The van der Waals surface area contributed by atoms with Crippen LogP contribution in [0.4, 0.5) is 5.69 Å². The molecule has 0 aromatic heterocycles. The van der Waals surface area contributed by atoms with Crippen LogP contribution >= 0.6 is 11.8 Å². The number of hydrogen-bond acceptors (Lipinski definition) is 6. The zero-order valence-corrected chi connectivity index (χ0v) is 22.1. The normalized spacial score (nSPS) is 30.3. The van der Waals surface area contributed by atoms with Crippen molar-refractivity contribution in [3.05, 3.63) is 54.6 Å². The Morgan fingerprint density at radius 2 is 1.97 bits per heavy atom. The van der Waals surface area contributed by atoms with Crippen molar-refractivity contribution in [2.45, 2.75) is 49.7 Å². The van der Waals surface area contributed by atoms with E-state index in [1.165, 1.54) is 6.08 Å². The number of carbonyl (C=O) groups excluding carboxylic acids is 3. The van der Waals surface area contributed by atoms with Crippen molar-refractivity contribution >= 4 is 35.2 Å². The SMILES string of the molecule is C=CCOC(=O)[C@@H]1[C@@H]2CC(C)C3(S2)C(C(=O)N(CC=C)c2c(C)cccc2C)N(CCCO)C(=O)[C@H]13. The third kappa shape index (κ3) is 3.98. The number of hydrogen-bond donors (Lipinski definition) is 1. The highest BCUT2D eigenvalue weighted by Crippen LogP contribution is 2.68. The van der Waals surface area contributed by atoms with Gasteiger partial charge in [0.1, 0.15) is 12.6 Å². The number of esters is 1. The molecule has 1 aromatic carbocycles. The van der Waals surface area contributed by atoms with E-state index in [-0.39, 0.29) is 42.7 Å². The number of carbonyl (C=O) groups is 3. The maximum Gasteiger partial charge on any atom is 0.311 e. The van der Waals surface area contributed by atoms with Gasteiger partial charge in [-0.1, -0.05) is 43.9 Å². The van der Waals surface area contributed by atoms with E-state index in [0.29, 0.717) is 13.0 Å². The standard InChI is InChI=1S/C28H36N2O5S/c1-6-12-29(23-17(3)10-8-11-18(23)4)26(33)24-28-19(5)16-20(36-28)21(27(34)35-15-7-2)22(28)25(32)30(24)13-9-14-31/h6-8,10-11,19-22,24,31H,1-2,9,12-16H2,3-5H3/t19?,20-,21+,22-,24?,28?/m0/s1. The highest BCUT2D eigenvalue weighted by molar-refractivity contribution is 8.02. The minimum absolute atomic E-state index is 0.0570. The topological polar surface area (TPSA) is 87.2 Å². The molecule has 3 fully saturated rings. The predicted octanol–water partition coefficient (Wildman–Crippen LogP) is 3.27. The number of aliphatic hydroxyl groups is 1. The Hall–Kier alpha value is -2.58. The lowest BCUT2D eigenvalue weighted by Gasteiger charge is -2.41. The van der Waals surface area contributed by atoms with Crippen LogP contribution in [0, 0.1) is 31.6 Å². The molecular formula is C28H36N2O5S. The first-order chi connectivity index (χ1) is 17.2. The van der Waals surface area contributed by atoms with Crippen molar-refractivity contribution in [2.75, 3.05) is 31.2 Å². The number of anilines is 1. The molecule has 1 spiro atoms. The van der Waals surface area contributed by atoms with Gasteiger partial charge in [-0.3, -0.25) is 14.4 Å². The van der Waals surface area contributed by atoms with Crippen molar-refractivity contribution in [1.29, 1.82) is 0 Å². The van der Waals surface area contributed by atoms with E-state index in [0.717, 1.165) is 23.2 Å². The molecule has 2 amide bonds. The monoisotopic (exact) mass is 512 g/mol. The minimum atomic E-state index is -0.747. The lowest BCUT2D eigenvalue weighted by atomic mass is 9.66. The van der Waals surface area contributed by atoms with Gasteiger partial charge in [-0.15, -0.1) is 18.3 Å². The Labute approximate surface area is 217 Å². The Morgan fingerprint density at radius 1 is 1.28 bits per heavy atom. The number of likely N-dealkylation sites (tertiary alicyclic amines) is 1. The minimum Gasteiger partial charge on any atom is -0.461 e. The van der Waals surface area contributed by atoms with Crippen molar-refractivity contribution in [3.63, 3.8) is 0 Å². The van der Waals surface area contributed by atoms with Crippen molar-refractivity contribution in [1.82, 2.24) is 4.90 Å². The van der Waals surface area contributed by atoms with E-state index in [2.05, 4.69) is 20.1 Å². The maximum absolute atomic E-state index is 14.6. The number of amides is 2. The van der Waals surface area contributed by atoms with Gasteiger partial charge >= 0.3 is 5.97 Å². The first-order valence-corrected chi connectivity index (χ1v) is 13.5. The Kier molecular flexibility index (Phi) is 7.67. The summed E-state index contributed by atoms with van der Waals surface area (Å²) in [5.74, 6) is -1.93. The summed E-state index contributed by atoms with van der Waals surface area (Å²) in [7, 11) is 0. The lowest BCUT2D eigenvalue weighted by Crippen LogP contribution is -2.57. The second-order valence-electron chi connectivity index (χ2n) is 10.1. The van der Waals surface area contributed by atoms with Gasteiger partial charge in [0.25, 0.3) is 5.91 Å². The van der Waals surface area contributed by atoms with Crippen LogP contribution in [-0.4, -0.2) is 70.1 Å². The number of aryl methyl sites for hydroxylation is 2. The molecule has 0 saturated carbocycles. The first-order valence-electron chi connectivity index (χ1n) is 12.6. The van der Waals surface area contributed by atoms with Gasteiger partial charge in [-0.2, -0.15) is 0 Å². The van der Waals surface area contributed by atoms with Crippen LogP contribution in [-0.2, 0) is 19.1 Å². The highest BCUT2D eigenvalue weighted by atomic mass is 32.2. The second kappa shape index (κ2) is 10.4. The fourth-order valence-electron chi connectivity index (χ4n) is 6.59. The number of fused-ring (bicyclic) bond motifs is 1. The fraction of sp³-hybridized carbons (Fsp3) is 0.536. The summed E-state index contributed by atoms with van der Waals surface area (Å²) in [6, 6.07) is 5.16. The number of aliphatic hydroxyl groups excluding tert-OH is 1. The van der Waals surface area contributed by atoms with Gasteiger partial charge in [-0.05, 0) is 43.7 Å². The van der Waals surface area contributed by atoms with E-state index in [1.807, 2.05) is 32.0 Å². The summed E-state index contributed by atoms with van der Waals surface area (Å²) in [5, 5.41) is 9.49. The van der Waals surface area contributed by atoms with Gasteiger partial charge in [-0.25, -0.2) is 0 Å². The van der Waals surface area contributed by atoms with Gasteiger partial charge in [0.2, 0.25) is 5.91 Å². The number of rotatable bonds is 10. The molecule has 6 atom stereocenters. The quantitative estimate of drug-likeness (QED) is 0.383. The average molecular weight is 513 g/mol. The number of nitrogens with zero attached hydrogens (tertiary/aromatic N) is 2. The van der Waals surface area contributed by atoms with E-state index >= 15 is 0 Å².